The fourth-order valence-electron chi connectivity index (χ4n) is 1.88. The van der Waals surface area contributed by atoms with Gasteiger partial charge in [-0.3, -0.25) is 0 Å². The van der Waals surface area contributed by atoms with Crippen LogP contribution in [0.5, 0.6) is 0 Å². The molecule has 16 heavy (non-hydrogen) atoms. The highest BCUT2D eigenvalue weighted by molar-refractivity contribution is 9.10. The van der Waals surface area contributed by atoms with Crippen molar-refractivity contribution in [2.75, 3.05) is 11.4 Å². The Balaban J connectivity index is 3.08. The summed E-state index contributed by atoms with van der Waals surface area (Å²) < 4.78 is 1.09. The summed E-state index contributed by atoms with van der Waals surface area (Å²) in [4.78, 5) is 2.41. The summed E-state index contributed by atoms with van der Waals surface area (Å²) in [5.41, 5.74) is 2.45. The Labute approximate surface area is 112 Å². The maximum atomic E-state index is 6.01. The second-order valence-electron chi connectivity index (χ2n) is 3.95. The minimum absolute atomic E-state index is 0.549. The fourth-order valence-corrected chi connectivity index (χ4v) is 2.50. The molecule has 1 aromatic carbocycles. The predicted octanol–water partition coefficient (Wildman–Crippen LogP) is 4.81. The van der Waals surface area contributed by atoms with Crippen LogP contribution in [0.3, 0.4) is 0 Å². The van der Waals surface area contributed by atoms with Gasteiger partial charge in [0.1, 0.15) is 0 Å². The molecular formula is C13H19BrClN. The molecule has 3 heteroatoms. The van der Waals surface area contributed by atoms with Gasteiger partial charge in [-0.05, 0) is 44.0 Å². The normalized spacial score (nSPS) is 12.6. The van der Waals surface area contributed by atoms with Crippen molar-refractivity contribution in [1.29, 1.82) is 0 Å². The van der Waals surface area contributed by atoms with E-state index >= 15 is 0 Å². The maximum Gasteiger partial charge on any atom is 0.0494 e. The lowest BCUT2D eigenvalue weighted by Gasteiger charge is -2.31. The zero-order chi connectivity index (χ0) is 12.1. The molecule has 0 fully saturated rings. The molecule has 1 aromatic rings. The first-order valence-corrected chi connectivity index (χ1v) is 7.07. The maximum absolute atomic E-state index is 6.01. The standard InChI is InChI=1S/C13H19BrClN/c1-4-10(3)16(5-2)13-7-6-12(14)8-11(13)9-15/h6-8,10H,4-5,9H2,1-3H3. The lowest BCUT2D eigenvalue weighted by atomic mass is 10.1. The minimum atomic E-state index is 0.549. The molecule has 1 atom stereocenters. The molecule has 0 spiro atoms. The largest absolute Gasteiger partial charge is 0.369 e. The number of benzene rings is 1. The van der Waals surface area contributed by atoms with E-state index in [4.69, 9.17) is 11.6 Å². The smallest absolute Gasteiger partial charge is 0.0494 e. The summed E-state index contributed by atoms with van der Waals surface area (Å²) >= 11 is 9.49. The van der Waals surface area contributed by atoms with Gasteiger partial charge in [0, 0.05) is 28.6 Å². The fraction of sp³-hybridized carbons (Fsp3) is 0.538. The van der Waals surface area contributed by atoms with Gasteiger partial charge >= 0.3 is 0 Å². The third kappa shape index (κ3) is 3.14. The average Bonchev–Trinajstić information content (AvgIpc) is 2.31. The predicted molar refractivity (Wildman–Crippen MR) is 76.5 cm³/mol. The van der Waals surface area contributed by atoms with Crippen LogP contribution in [0.4, 0.5) is 5.69 Å². The summed E-state index contributed by atoms with van der Waals surface area (Å²) in [5.74, 6) is 0.557. The van der Waals surface area contributed by atoms with Crippen molar-refractivity contribution in [3.8, 4) is 0 Å². The Morgan fingerprint density at radius 3 is 2.56 bits per heavy atom. The first-order valence-electron chi connectivity index (χ1n) is 5.75. The number of rotatable bonds is 5. The van der Waals surface area contributed by atoms with Gasteiger partial charge in [-0.15, -0.1) is 11.6 Å². The summed E-state index contributed by atoms with van der Waals surface area (Å²) in [6.07, 6.45) is 1.14. The molecule has 0 N–H and O–H groups in total. The van der Waals surface area contributed by atoms with Gasteiger partial charge in [-0.2, -0.15) is 0 Å². The van der Waals surface area contributed by atoms with Crippen LogP contribution in [0.1, 0.15) is 32.8 Å². The van der Waals surface area contributed by atoms with Crippen LogP contribution in [-0.4, -0.2) is 12.6 Å². The van der Waals surface area contributed by atoms with Crippen molar-refractivity contribution >= 4 is 33.2 Å². The molecule has 0 aromatic heterocycles. The number of hydrogen-bond acceptors (Lipinski definition) is 1. The topological polar surface area (TPSA) is 3.24 Å². The SMILES string of the molecule is CCC(C)N(CC)c1ccc(Br)cc1CCl. The van der Waals surface area contributed by atoms with Gasteiger partial charge in [0.25, 0.3) is 0 Å². The Morgan fingerprint density at radius 2 is 2.06 bits per heavy atom. The van der Waals surface area contributed by atoms with Crippen LogP contribution in [0.2, 0.25) is 0 Å². The summed E-state index contributed by atoms with van der Waals surface area (Å²) in [5, 5.41) is 0. The van der Waals surface area contributed by atoms with E-state index in [1.54, 1.807) is 0 Å². The van der Waals surface area contributed by atoms with Crippen molar-refractivity contribution in [2.24, 2.45) is 0 Å². The number of nitrogens with zero attached hydrogens (tertiary/aromatic N) is 1. The number of alkyl halides is 1. The van der Waals surface area contributed by atoms with E-state index in [1.165, 1.54) is 11.3 Å². The second-order valence-corrected chi connectivity index (χ2v) is 5.13. The molecule has 0 saturated heterocycles. The highest BCUT2D eigenvalue weighted by Crippen LogP contribution is 2.28. The molecule has 0 bridgehead atoms. The van der Waals surface area contributed by atoms with E-state index in [0.29, 0.717) is 11.9 Å². The molecule has 0 heterocycles. The van der Waals surface area contributed by atoms with E-state index in [-0.39, 0.29) is 0 Å². The Kier molecular flexibility index (Phi) is 5.63. The van der Waals surface area contributed by atoms with Crippen molar-refractivity contribution in [3.05, 3.63) is 28.2 Å². The van der Waals surface area contributed by atoms with Crippen LogP contribution in [0.25, 0.3) is 0 Å². The van der Waals surface area contributed by atoms with E-state index in [0.717, 1.165) is 17.4 Å². The van der Waals surface area contributed by atoms with Gasteiger partial charge in [-0.25, -0.2) is 0 Å². The minimum Gasteiger partial charge on any atom is -0.369 e. The first-order chi connectivity index (χ1) is 7.63. The van der Waals surface area contributed by atoms with Crippen LogP contribution >= 0.6 is 27.5 Å². The molecule has 0 aliphatic carbocycles. The lowest BCUT2D eigenvalue weighted by Crippen LogP contribution is -2.32. The van der Waals surface area contributed by atoms with Crippen LogP contribution in [-0.2, 0) is 5.88 Å². The zero-order valence-electron chi connectivity index (χ0n) is 10.1. The van der Waals surface area contributed by atoms with Crippen LogP contribution in [0.15, 0.2) is 22.7 Å². The number of anilines is 1. The highest BCUT2D eigenvalue weighted by Gasteiger charge is 2.14. The summed E-state index contributed by atoms with van der Waals surface area (Å²) in [7, 11) is 0. The second kappa shape index (κ2) is 6.51. The third-order valence-corrected chi connectivity index (χ3v) is 3.74. The molecule has 0 saturated carbocycles. The van der Waals surface area contributed by atoms with E-state index in [1.807, 2.05) is 0 Å². The van der Waals surface area contributed by atoms with Gasteiger partial charge < -0.3 is 4.90 Å². The Morgan fingerprint density at radius 1 is 1.38 bits per heavy atom. The van der Waals surface area contributed by atoms with Crippen molar-refractivity contribution in [1.82, 2.24) is 0 Å². The first kappa shape index (κ1) is 13.9. The van der Waals surface area contributed by atoms with E-state index in [2.05, 4.69) is 59.8 Å². The van der Waals surface area contributed by atoms with Crippen LogP contribution in [0, 0.1) is 0 Å². The summed E-state index contributed by atoms with van der Waals surface area (Å²) in [6, 6.07) is 6.88. The van der Waals surface area contributed by atoms with Gasteiger partial charge in [0.2, 0.25) is 0 Å². The summed E-state index contributed by atoms with van der Waals surface area (Å²) in [6.45, 7) is 7.67. The molecular weight excluding hydrogens is 286 g/mol. The molecule has 1 rings (SSSR count). The highest BCUT2D eigenvalue weighted by atomic mass is 79.9. The van der Waals surface area contributed by atoms with E-state index in [9.17, 15) is 0 Å². The number of hydrogen-bond donors (Lipinski definition) is 0. The van der Waals surface area contributed by atoms with Crippen molar-refractivity contribution < 1.29 is 0 Å². The molecule has 1 nitrogen and oxygen atoms in total. The molecule has 1 unspecified atom stereocenters. The van der Waals surface area contributed by atoms with E-state index < -0.39 is 0 Å². The molecule has 0 amide bonds. The van der Waals surface area contributed by atoms with Gasteiger partial charge in [0.05, 0.1) is 0 Å². The van der Waals surface area contributed by atoms with Gasteiger partial charge in [0.15, 0.2) is 0 Å². The molecule has 0 radical (unpaired) electrons. The van der Waals surface area contributed by atoms with Gasteiger partial charge in [-0.1, -0.05) is 22.9 Å². The number of halogens is 2. The quantitative estimate of drug-likeness (QED) is 0.705. The van der Waals surface area contributed by atoms with Crippen molar-refractivity contribution in [2.45, 2.75) is 39.1 Å². The Bertz CT molecular complexity index is 341. The zero-order valence-corrected chi connectivity index (χ0v) is 12.5. The molecule has 0 aliphatic heterocycles. The molecule has 0 aliphatic rings. The lowest BCUT2D eigenvalue weighted by molar-refractivity contribution is 0.628. The Hall–Kier alpha value is -0.210. The van der Waals surface area contributed by atoms with Crippen LogP contribution < -0.4 is 4.90 Å². The average molecular weight is 305 g/mol. The monoisotopic (exact) mass is 303 g/mol. The third-order valence-electron chi connectivity index (χ3n) is 2.96. The van der Waals surface area contributed by atoms with Crippen molar-refractivity contribution in [3.63, 3.8) is 0 Å². The molecule has 90 valence electrons.